The van der Waals surface area contributed by atoms with E-state index < -0.39 is 5.97 Å². The van der Waals surface area contributed by atoms with Crippen molar-refractivity contribution in [2.24, 2.45) is 0 Å². The maximum absolute atomic E-state index is 11.9. The molecule has 0 atom stereocenters. The van der Waals surface area contributed by atoms with Gasteiger partial charge in [-0.05, 0) is 23.3 Å². The van der Waals surface area contributed by atoms with Gasteiger partial charge in [-0.3, -0.25) is 4.79 Å². The van der Waals surface area contributed by atoms with Crippen molar-refractivity contribution in [2.45, 2.75) is 0 Å². The average Bonchev–Trinajstić information content (AvgIpc) is 2.72. The average molecular weight is 390 g/mol. The van der Waals surface area contributed by atoms with Crippen LogP contribution in [0.2, 0.25) is 5.02 Å². The molecule has 1 heterocycles. The molecule has 3 rings (SSSR count). The van der Waals surface area contributed by atoms with Crippen molar-refractivity contribution in [3.63, 3.8) is 0 Å². The summed E-state index contributed by atoms with van der Waals surface area (Å²) in [5.41, 5.74) is 1.98. The van der Waals surface area contributed by atoms with E-state index in [-0.39, 0.29) is 19.1 Å². The first-order valence-electron chi connectivity index (χ1n) is 8.62. The number of morpholine rings is 1. The van der Waals surface area contributed by atoms with Crippen LogP contribution in [0.25, 0.3) is 11.1 Å². The Morgan fingerprint density at radius 3 is 2.44 bits per heavy atom. The fourth-order valence-electron chi connectivity index (χ4n) is 2.65. The summed E-state index contributed by atoms with van der Waals surface area (Å²) >= 11 is 6.24. The molecule has 1 saturated heterocycles. The molecule has 0 unspecified atom stereocenters. The number of carbonyl (C=O) groups is 2. The first kappa shape index (κ1) is 19.2. The van der Waals surface area contributed by atoms with E-state index in [1.54, 1.807) is 17.0 Å². The summed E-state index contributed by atoms with van der Waals surface area (Å²) in [7, 11) is 0. The molecule has 1 amide bonds. The van der Waals surface area contributed by atoms with E-state index in [4.69, 9.17) is 25.8 Å². The number of esters is 1. The number of hydrogen-bond donors (Lipinski definition) is 0. The van der Waals surface area contributed by atoms with Crippen molar-refractivity contribution in [1.29, 1.82) is 0 Å². The molecule has 1 aliphatic heterocycles. The Labute approximate surface area is 162 Å². The molecular formula is C20H20ClNO5. The number of halogens is 1. The van der Waals surface area contributed by atoms with Gasteiger partial charge in [-0.15, -0.1) is 0 Å². The first-order chi connectivity index (χ1) is 13.1. The summed E-state index contributed by atoms with van der Waals surface area (Å²) in [5.74, 6) is -0.482. The van der Waals surface area contributed by atoms with Gasteiger partial charge in [0.25, 0.3) is 5.91 Å². The molecule has 0 spiro atoms. The quantitative estimate of drug-likeness (QED) is 0.711. The minimum Gasteiger partial charge on any atom is -0.480 e. The van der Waals surface area contributed by atoms with Crippen molar-refractivity contribution in [2.75, 3.05) is 39.5 Å². The lowest BCUT2D eigenvalue weighted by Crippen LogP contribution is -2.42. The highest BCUT2D eigenvalue weighted by Gasteiger charge is 2.18. The van der Waals surface area contributed by atoms with Crippen LogP contribution < -0.4 is 4.74 Å². The Hall–Kier alpha value is -2.57. The van der Waals surface area contributed by atoms with E-state index in [2.05, 4.69) is 0 Å². The fraction of sp³-hybridized carbons (Fsp3) is 0.300. The number of benzene rings is 2. The highest BCUT2D eigenvalue weighted by molar-refractivity contribution is 6.32. The van der Waals surface area contributed by atoms with Gasteiger partial charge in [-0.2, -0.15) is 0 Å². The molecule has 0 aliphatic carbocycles. The summed E-state index contributed by atoms with van der Waals surface area (Å²) in [6.45, 7) is 1.40. The molecule has 0 N–H and O–H groups in total. The van der Waals surface area contributed by atoms with Crippen LogP contribution >= 0.6 is 11.6 Å². The minimum atomic E-state index is -0.625. The lowest BCUT2D eigenvalue weighted by atomic mass is 10.1. The molecule has 0 bridgehead atoms. The SMILES string of the molecule is O=C(COc1ccc(-c2ccccc2)cc1Cl)OCC(=O)N1CCOCC1. The molecule has 6 nitrogen and oxygen atoms in total. The number of carbonyl (C=O) groups excluding carboxylic acids is 2. The second-order valence-electron chi connectivity index (χ2n) is 5.95. The Morgan fingerprint density at radius 2 is 1.74 bits per heavy atom. The smallest absolute Gasteiger partial charge is 0.344 e. The van der Waals surface area contributed by atoms with Crippen LogP contribution in [0.15, 0.2) is 48.5 Å². The van der Waals surface area contributed by atoms with Crippen LogP contribution in [0, 0.1) is 0 Å². The van der Waals surface area contributed by atoms with Crippen molar-refractivity contribution in [3.8, 4) is 16.9 Å². The van der Waals surface area contributed by atoms with Crippen LogP contribution in [-0.2, 0) is 19.1 Å². The normalized spacial score (nSPS) is 13.9. The second kappa shape index (κ2) is 9.39. The largest absolute Gasteiger partial charge is 0.480 e. The number of ether oxygens (including phenoxy) is 3. The number of hydrogen-bond acceptors (Lipinski definition) is 5. The predicted octanol–water partition coefficient (Wildman–Crippen LogP) is 2.79. The van der Waals surface area contributed by atoms with Gasteiger partial charge in [0.2, 0.25) is 0 Å². The molecule has 7 heteroatoms. The highest BCUT2D eigenvalue weighted by Crippen LogP contribution is 2.30. The molecule has 27 heavy (non-hydrogen) atoms. The Morgan fingerprint density at radius 1 is 1.00 bits per heavy atom. The van der Waals surface area contributed by atoms with E-state index in [1.807, 2.05) is 36.4 Å². The standard InChI is InChI=1S/C20H20ClNO5/c21-17-12-16(15-4-2-1-3-5-15)6-7-18(17)26-14-20(24)27-13-19(23)22-8-10-25-11-9-22/h1-7,12H,8-11,13-14H2. The van der Waals surface area contributed by atoms with Crippen LogP contribution in [0.4, 0.5) is 0 Å². The van der Waals surface area contributed by atoms with Gasteiger partial charge in [0.05, 0.1) is 18.2 Å². The molecular weight excluding hydrogens is 370 g/mol. The molecule has 1 fully saturated rings. The van der Waals surface area contributed by atoms with E-state index >= 15 is 0 Å². The maximum Gasteiger partial charge on any atom is 0.344 e. The third kappa shape index (κ3) is 5.45. The van der Waals surface area contributed by atoms with Crippen molar-refractivity contribution >= 4 is 23.5 Å². The Balaban J connectivity index is 1.48. The zero-order chi connectivity index (χ0) is 19.1. The van der Waals surface area contributed by atoms with Gasteiger partial charge < -0.3 is 19.1 Å². The molecule has 0 radical (unpaired) electrons. The van der Waals surface area contributed by atoms with Crippen molar-refractivity contribution < 1.29 is 23.8 Å². The van der Waals surface area contributed by atoms with Crippen LogP contribution in [0.5, 0.6) is 5.75 Å². The maximum atomic E-state index is 11.9. The van der Waals surface area contributed by atoms with Gasteiger partial charge in [-0.25, -0.2) is 4.79 Å². The molecule has 0 aromatic heterocycles. The summed E-state index contributed by atoms with van der Waals surface area (Å²) in [6.07, 6.45) is 0. The summed E-state index contributed by atoms with van der Waals surface area (Å²) in [4.78, 5) is 25.4. The van der Waals surface area contributed by atoms with E-state index in [1.165, 1.54) is 0 Å². The lowest BCUT2D eigenvalue weighted by Gasteiger charge is -2.26. The number of rotatable bonds is 6. The van der Waals surface area contributed by atoms with Gasteiger partial charge in [-0.1, -0.05) is 48.0 Å². The summed E-state index contributed by atoms with van der Waals surface area (Å²) < 4.78 is 15.6. The minimum absolute atomic E-state index is 0.239. The predicted molar refractivity (Wildman–Crippen MR) is 101 cm³/mol. The van der Waals surface area contributed by atoms with Gasteiger partial charge >= 0.3 is 5.97 Å². The first-order valence-corrected chi connectivity index (χ1v) is 9.00. The molecule has 142 valence electrons. The van der Waals surface area contributed by atoms with Crippen LogP contribution in [0.1, 0.15) is 0 Å². The molecule has 2 aromatic carbocycles. The molecule has 2 aromatic rings. The number of nitrogens with zero attached hydrogens (tertiary/aromatic N) is 1. The summed E-state index contributed by atoms with van der Waals surface area (Å²) in [6, 6.07) is 15.1. The van der Waals surface area contributed by atoms with Crippen molar-refractivity contribution in [1.82, 2.24) is 4.90 Å². The Bertz CT molecular complexity index is 790. The lowest BCUT2D eigenvalue weighted by molar-refractivity contribution is -0.155. The van der Waals surface area contributed by atoms with Crippen LogP contribution in [0.3, 0.4) is 0 Å². The van der Waals surface area contributed by atoms with Crippen LogP contribution in [-0.4, -0.2) is 56.3 Å². The van der Waals surface area contributed by atoms with Gasteiger partial charge in [0, 0.05) is 13.1 Å². The van der Waals surface area contributed by atoms with Gasteiger partial charge in [0.1, 0.15) is 5.75 Å². The zero-order valence-electron chi connectivity index (χ0n) is 14.7. The van der Waals surface area contributed by atoms with E-state index in [9.17, 15) is 9.59 Å². The molecule has 0 saturated carbocycles. The third-order valence-electron chi connectivity index (χ3n) is 4.10. The number of amides is 1. The second-order valence-corrected chi connectivity index (χ2v) is 6.36. The van der Waals surface area contributed by atoms with Crippen molar-refractivity contribution in [3.05, 3.63) is 53.6 Å². The highest BCUT2D eigenvalue weighted by atomic mass is 35.5. The van der Waals surface area contributed by atoms with E-state index in [0.29, 0.717) is 37.1 Å². The fourth-order valence-corrected chi connectivity index (χ4v) is 2.89. The van der Waals surface area contributed by atoms with Gasteiger partial charge in [0.15, 0.2) is 13.2 Å². The zero-order valence-corrected chi connectivity index (χ0v) is 15.5. The monoisotopic (exact) mass is 389 g/mol. The van der Waals surface area contributed by atoms with E-state index in [0.717, 1.165) is 11.1 Å². The summed E-state index contributed by atoms with van der Waals surface area (Å²) in [5, 5.41) is 0.397. The topological polar surface area (TPSA) is 65.1 Å². The Kier molecular flexibility index (Phi) is 6.68. The third-order valence-corrected chi connectivity index (χ3v) is 4.40. The molecule has 1 aliphatic rings.